The molecule has 2 rings (SSSR count). The Hall–Kier alpha value is -1.32. The number of ether oxygens (including phenoxy) is 1. The first-order valence-electron chi connectivity index (χ1n) is 6.82. The van der Waals surface area contributed by atoms with Crippen molar-refractivity contribution < 1.29 is 26.3 Å². The normalized spacial score (nSPS) is 19.3. The third kappa shape index (κ3) is 5.15. The summed E-state index contributed by atoms with van der Waals surface area (Å²) < 4.78 is 66.7. The number of benzene rings is 1. The molecular formula is C13H17F3N2O3S. The summed E-state index contributed by atoms with van der Waals surface area (Å²) in [6.07, 6.45) is -3.17. The largest absolute Gasteiger partial charge is 0.573 e. The molecule has 0 aromatic heterocycles. The van der Waals surface area contributed by atoms with Gasteiger partial charge in [0.15, 0.2) is 0 Å². The first-order chi connectivity index (χ1) is 10.3. The maximum absolute atomic E-state index is 12.2. The van der Waals surface area contributed by atoms with Crippen molar-refractivity contribution in [2.75, 3.05) is 19.6 Å². The Kier molecular flexibility index (Phi) is 5.30. The first kappa shape index (κ1) is 17.0. The van der Waals surface area contributed by atoms with Crippen molar-refractivity contribution in [3.63, 3.8) is 0 Å². The lowest BCUT2D eigenvalue weighted by Gasteiger charge is -2.12. The van der Waals surface area contributed by atoms with E-state index in [-0.39, 0.29) is 11.4 Å². The van der Waals surface area contributed by atoms with Gasteiger partial charge >= 0.3 is 6.36 Å². The Morgan fingerprint density at radius 1 is 1.36 bits per heavy atom. The van der Waals surface area contributed by atoms with Crippen LogP contribution < -0.4 is 14.8 Å². The Morgan fingerprint density at radius 3 is 2.77 bits per heavy atom. The van der Waals surface area contributed by atoms with Gasteiger partial charge in [0.1, 0.15) is 5.75 Å². The van der Waals surface area contributed by atoms with E-state index in [9.17, 15) is 21.6 Å². The maximum atomic E-state index is 12.2. The van der Waals surface area contributed by atoms with Gasteiger partial charge in [-0.25, -0.2) is 13.1 Å². The van der Waals surface area contributed by atoms with Crippen LogP contribution in [0.2, 0.25) is 0 Å². The summed E-state index contributed by atoms with van der Waals surface area (Å²) in [6.45, 7) is 2.03. The fourth-order valence-electron chi connectivity index (χ4n) is 2.28. The van der Waals surface area contributed by atoms with Gasteiger partial charge in [0.05, 0.1) is 4.90 Å². The number of rotatable bonds is 6. The standard InChI is InChI=1S/C13H17F3N2O3S/c14-13(15,16)21-11-2-1-3-12(8-11)22(19,20)18-7-5-10-4-6-17-9-10/h1-3,8,10,17-18H,4-7,9H2. The molecule has 0 spiro atoms. The lowest BCUT2D eigenvalue weighted by Crippen LogP contribution is -2.27. The number of hydrogen-bond acceptors (Lipinski definition) is 4. The predicted octanol–water partition coefficient (Wildman–Crippen LogP) is 1.86. The molecule has 1 heterocycles. The van der Waals surface area contributed by atoms with E-state index >= 15 is 0 Å². The van der Waals surface area contributed by atoms with Crippen LogP contribution in [-0.4, -0.2) is 34.4 Å². The van der Waals surface area contributed by atoms with Crippen LogP contribution in [0.15, 0.2) is 29.2 Å². The van der Waals surface area contributed by atoms with Crippen LogP contribution in [0.3, 0.4) is 0 Å². The van der Waals surface area contributed by atoms with Crippen LogP contribution in [0.5, 0.6) is 5.75 Å². The zero-order valence-corrected chi connectivity index (χ0v) is 12.5. The molecule has 1 atom stereocenters. The summed E-state index contributed by atoms with van der Waals surface area (Å²) >= 11 is 0. The van der Waals surface area contributed by atoms with Crippen LogP contribution in [-0.2, 0) is 10.0 Å². The van der Waals surface area contributed by atoms with Gasteiger partial charge < -0.3 is 10.1 Å². The SMILES string of the molecule is O=S(=O)(NCCC1CCNC1)c1cccc(OC(F)(F)F)c1. The number of alkyl halides is 3. The van der Waals surface area contributed by atoms with Crippen LogP contribution >= 0.6 is 0 Å². The Balaban J connectivity index is 1.97. The zero-order chi connectivity index (χ0) is 16.2. The Bertz CT molecular complexity index is 599. The lowest BCUT2D eigenvalue weighted by atomic mass is 10.1. The highest BCUT2D eigenvalue weighted by Crippen LogP contribution is 2.24. The van der Waals surface area contributed by atoms with Gasteiger partial charge in [0.25, 0.3) is 0 Å². The molecule has 1 aromatic rings. The summed E-state index contributed by atoms with van der Waals surface area (Å²) in [7, 11) is -3.85. The quantitative estimate of drug-likeness (QED) is 0.831. The fraction of sp³-hybridized carbons (Fsp3) is 0.538. The second kappa shape index (κ2) is 6.84. The van der Waals surface area contributed by atoms with Crippen molar-refractivity contribution in [2.45, 2.75) is 24.1 Å². The monoisotopic (exact) mass is 338 g/mol. The predicted molar refractivity (Wildman–Crippen MR) is 73.9 cm³/mol. The van der Waals surface area contributed by atoms with Gasteiger partial charge in [-0.15, -0.1) is 13.2 Å². The summed E-state index contributed by atoms with van der Waals surface area (Å²) in [4.78, 5) is -0.251. The molecule has 22 heavy (non-hydrogen) atoms. The van der Waals surface area contributed by atoms with Crippen LogP contribution in [0.1, 0.15) is 12.8 Å². The molecule has 1 unspecified atom stereocenters. The minimum atomic E-state index is -4.86. The van der Waals surface area contributed by atoms with Crippen molar-refractivity contribution in [1.29, 1.82) is 0 Å². The number of sulfonamides is 1. The first-order valence-corrected chi connectivity index (χ1v) is 8.31. The van der Waals surface area contributed by atoms with E-state index in [1.165, 1.54) is 12.1 Å². The van der Waals surface area contributed by atoms with E-state index < -0.39 is 22.1 Å². The topological polar surface area (TPSA) is 67.4 Å². The average molecular weight is 338 g/mol. The van der Waals surface area contributed by atoms with Gasteiger partial charge in [-0.1, -0.05) is 6.07 Å². The van der Waals surface area contributed by atoms with Crippen molar-refractivity contribution in [3.8, 4) is 5.75 Å². The van der Waals surface area contributed by atoms with Gasteiger partial charge in [0, 0.05) is 12.6 Å². The van der Waals surface area contributed by atoms with Crippen molar-refractivity contribution in [1.82, 2.24) is 10.0 Å². The zero-order valence-electron chi connectivity index (χ0n) is 11.7. The lowest BCUT2D eigenvalue weighted by molar-refractivity contribution is -0.274. The van der Waals surface area contributed by atoms with E-state index in [0.717, 1.165) is 31.6 Å². The van der Waals surface area contributed by atoms with Gasteiger partial charge in [-0.05, 0) is 44.0 Å². The highest BCUT2D eigenvalue weighted by molar-refractivity contribution is 7.89. The fourth-order valence-corrected chi connectivity index (χ4v) is 3.36. The molecule has 1 aliphatic heterocycles. The Labute approximate surface area is 126 Å². The molecule has 1 saturated heterocycles. The maximum Gasteiger partial charge on any atom is 0.573 e. The van der Waals surface area contributed by atoms with Crippen LogP contribution in [0.25, 0.3) is 0 Å². The molecule has 5 nitrogen and oxygen atoms in total. The highest BCUT2D eigenvalue weighted by Gasteiger charge is 2.31. The molecule has 0 aliphatic carbocycles. The second-order valence-corrected chi connectivity index (χ2v) is 6.83. The Morgan fingerprint density at radius 2 is 2.14 bits per heavy atom. The summed E-state index contributed by atoms with van der Waals surface area (Å²) in [5.74, 6) is -0.141. The van der Waals surface area contributed by atoms with Crippen LogP contribution in [0.4, 0.5) is 13.2 Å². The van der Waals surface area contributed by atoms with E-state index in [2.05, 4.69) is 14.8 Å². The van der Waals surface area contributed by atoms with Crippen LogP contribution in [0, 0.1) is 5.92 Å². The average Bonchev–Trinajstić information content (AvgIpc) is 2.90. The summed E-state index contributed by atoms with van der Waals surface area (Å²) in [6, 6.07) is 4.34. The molecule has 1 aromatic carbocycles. The van der Waals surface area contributed by atoms with Gasteiger partial charge in [0.2, 0.25) is 10.0 Å². The minimum Gasteiger partial charge on any atom is -0.406 e. The third-order valence-electron chi connectivity index (χ3n) is 3.36. The third-order valence-corrected chi connectivity index (χ3v) is 4.82. The summed E-state index contributed by atoms with van der Waals surface area (Å²) in [5, 5.41) is 3.18. The molecule has 124 valence electrons. The van der Waals surface area contributed by atoms with Gasteiger partial charge in [-0.3, -0.25) is 0 Å². The smallest absolute Gasteiger partial charge is 0.406 e. The molecule has 0 saturated carbocycles. The van der Waals surface area contributed by atoms with Gasteiger partial charge in [-0.2, -0.15) is 0 Å². The molecule has 2 N–H and O–H groups in total. The molecule has 1 aliphatic rings. The van der Waals surface area contributed by atoms with E-state index in [0.29, 0.717) is 12.3 Å². The highest BCUT2D eigenvalue weighted by atomic mass is 32.2. The molecule has 9 heteroatoms. The molecule has 0 radical (unpaired) electrons. The van der Waals surface area contributed by atoms with Crippen molar-refractivity contribution in [2.24, 2.45) is 5.92 Å². The van der Waals surface area contributed by atoms with E-state index in [1.807, 2.05) is 0 Å². The molecular weight excluding hydrogens is 321 g/mol. The number of hydrogen-bond donors (Lipinski definition) is 2. The van der Waals surface area contributed by atoms with E-state index in [4.69, 9.17) is 0 Å². The molecule has 0 amide bonds. The second-order valence-electron chi connectivity index (χ2n) is 5.07. The minimum absolute atomic E-state index is 0.249. The summed E-state index contributed by atoms with van der Waals surface area (Å²) in [5.41, 5.74) is 0. The molecule has 1 fully saturated rings. The van der Waals surface area contributed by atoms with E-state index in [1.54, 1.807) is 0 Å². The number of nitrogens with one attached hydrogen (secondary N) is 2. The molecule has 0 bridgehead atoms. The number of halogens is 3. The van der Waals surface area contributed by atoms with Crippen molar-refractivity contribution in [3.05, 3.63) is 24.3 Å². The van der Waals surface area contributed by atoms with Crippen molar-refractivity contribution >= 4 is 10.0 Å².